The van der Waals surface area contributed by atoms with E-state index in [0.29, 0.717) is 40.8 Å². The predicted molar refractivity (Wildman–Crippen MR) is 185 cm³/mol. The lowest BCUT2D eigenvalue weighted by molar-refractivity contribution is -0.196. The number of aromatic nitrogens is 3. The van der Waals surface area contributed by atoms with Crippen LogP contribution in [0.3, 0.4) is 0 Å². The summed E-state index contributed by atoms with van der Waals surface area (Å²) < 4.78 is 62.3. The zero-order valence-electron chi connectivity index (χ0n) is 28.4. The maximum atomic E-state index is 14.3. The number of alkyl halides is 3. The van der Waals surface area contributed by atoms with Crippen molar-refractivity contribution in [2.45, 2.75) is 64.8 Å². The van der Waals surface area contributed by atoms with E-state index in [2.05, 4.69) is 5.32 Å². The highest BCUT2D eigenvalue weighted by atomic mass is 19.4. The second kappa shape index (κ2) is 14.3. The first-order chi connectivity index (χ1) is 23.9. The van der Waals surface area contributed by atoms with Gasteiger partial charge in [-0.25, -0.2) is 4.79 Å². The van der Waals surface area contributed by atoms with Gasteiger partial charge in [0.25, 0.3) is 0 Å². The summed E-state index contributed by atoms with van der Waals surface area (Å²) in [6, 6.07) is 28.3. The van der Waals surface area contributed by atoms with Gasteiger partial charge in [0, 0.05) is 30.7 Å². The molecule has 3 aromatic carbocycles. The molecule has 262 valence electrons. The lowest BCUT2D eigenvalue weighted by atomic mass is 9.93. The van der Waals surface area contributed by atoms with Crippen molar-refractivity contribution >= 4 is 22.7 Å². The highest BCUT2D eigenvalue weighted by molar-refractivity contribution is 5.96. The summed E-state index contributed by atoms with van der Waals surface area (Å²) in [5, 5.41) is 8.54. The molecule has 0 spiro atoms. The van der Waals surface area contributed by atoms with Gasteiger partial charge in [0.05, 0.1) is 17.0 Å². The van der Waals surface area contributed by atoms with Gasteiger partial charge in [-0.15, -0.1) is 0 Å². The van der Waals surface area contributed by atoms with Gasteiger partial charge in [0.15, 0.2) is 0 Å². The third kappa shape index (κ3) is 8.12. The molecular formula is C38H40F3N5O4. The molecule has 12 heteroatoms. The fourth-order valence-corrected chi connectivity index (χ4v) is 6.01. The number of hydrogen-bond donors (Lipinski definition) is 1. The van der Waals surface area contributed by atoms with Crippen LogP contribution in [0, 0.1) is 5.92 Å². The monoisotopic (exact) mass is 687 g/mol. The number of benzene rings is 3. The molecule has 1 N–H and O–H groups in total. The van der Waals surface area contributed by atoms with Crippen LogP contribution in [0.2, 0.25) is 0 Å². The number of nitrogens with zero attached hydrogens (tertiary/aromatic N) is 4. The number of nitrogens with one attached hydrogen (secondary N) is 1. The van der Waals surface area contributed by atoms with Crippen LogP contribution >= 0.6 is 0 Å². The quantitative estimate of drug-likeness (QED) is 0.166. The summed E-state index contributed by atoms with van der Waals surface area (Å²) in [4.78, 5) is 18.9. The van der Waals surface area contributed by atoms with Crippen LogP contribution in [0.4, 0.5) is 23.7 Å². The van der Waals surface area contributed by atoms with Crippen LogP contribution in [0.15, 0.2) is 91.0 Å². The first-order valence-corrected chi connectivity index (χ1v) is 16.5. The first-order valence-electron chi connectivity index (χ1n) is 16.5. The van der Waals surface area contributed by atoms with Crippen LogP contribution in [0.1, 0.15) is 44.7 Å². The molecule has 0 aliphatic carbocycles. The molecule has 3 heterocycles. The summed E-state index contributed by atoms with van der Waals surface area (Å²) in [5.74, 6) is -1.07. The van der Waals surface area contributed by atoms with Gasteiger partial charge in [-0.2, -0.15) is 23.3 Å². The van der Waals surface area contributed by atoms with Crippen LogP contribution in [0.5, 0.6) is 11.8 Å². The van der Waals surface area contributed by atoms with Crippen molar-refractivity contribution in [3.8, 4) is 23.0 Å². The average molecular weight is 688 g/mol. The van der Waals surface area contributed by atoms with E-state index in [1.165, 1.54) is 0 Å². The zero-order chi connectivity index (χ0) is 35.5. The number of amides is 1. The molecule has 0 bridgehead atoms. The van der Waals surface area contributed by atoms with Crippen molar-refractivity contribution in [1.82, 2.24) is 19.7 Å². The second-order valence-corrected chi connectivity index (χ2v) is 13.3. The van der Waals surface area contributed by atoms with Crippen molar-refractivity contribution in [1.29, 1.82) is 0 Å². The molecule has 2 unspecified atom stereocenters. The number of fused-ring (bicyclic) bond motifs is 1. The summed E-state index contributed by atoms with van der Waals surface area (Å²) in [5.41, 5.74) is 3.37. The molecule has 1 aliphatic rings. The molecule has 1 fully saturated rings. The van der Waals surface area contributed by atoms with Gasteiger partial charge in [-0.05, 0) is 69.0 Å². The van der Waals surface area contributed by atoms with E-state index in [-0.39, 0.29) is 26.0 Å². The van der Waals surface area contributed by atoms with Gasteiger partial charge < -0.3 is 19.5 Å². The number of rotatable bonds is 9. The zero-order valence-corrected chi connectivity index (χ0v) is 28.4. The van der Waals surface area contributed by atoms with E-state index in [1.54, 1.807) is 56.8 Å². The summed E-state index contributed by atoms with van der Waals surface area (Å²) in [6.45, 7) is 5.79. The Morgan fingerprint density at radius 1 is 0.900 bits per heavy atom. The number of ether oxygens (including phenoxy) is 3. The summed E-state index contributed by atoms with van der Waals surface area (Å²) >= 11 is 0. The lowest BCUT2D eigenvalue weighted by Crippen LogP contribution is -2.57. The third-order valence-electron chi connectivity index (χ3n) is 8.38. The fourth-order valence-electron chi connectivity index (χ4n) is 6.01. The Balaban J connectivity index is 1.32. The molecular weight excluding hydrogens is 647 g/mol. The minimum atomic E-state index is -4.53. The maximum absolute atomic E-state index is 14.3. The topological polar surface area (TPSA) is 90.7 Å². The third-order valence-corrected chi connectivity index (χ3v) is 8.38. The Hall–Kier alpha value is -5.26. The number of pyridine rings is 1. The highest BCUT2D eigenvalue weighted by Gasteiger charge is 2.50. The van der Waals surface area contributed by atoms with Gasteiger partial charge in [0.2, 0.25) is 11.8 Å². The maximum Gasteiger partial charge on any atom is 0.411 e. The van der Waals surface area contributed by atoms with E-state index >= 15 is 0 Å². The largest absolute Gasteiger partial charge is 0.473 e. The normalized spacial score (nSPS) is 16.7. The van der Waals surface area contributed by atoms with Crippen molar-refractivity contribution < 1.29 is 32.2 Å². The smallest absolute Gasteiger partial charge is 0.411 e. The second-order valence-electron chi connectivity index (χ2n) is 13.3. The number of aryl methyl sites for hydroxylation is 1. The van der Waals surface area contributed by atoms with E-state index < -0.39 is 30.0 Å². The summed E-state index contributed by atoms with van der Waals surface area (Å²) in [6.07, 6.45) is -6.57. The number of piperidine rings is 1. The number of hydrogen-bond acceptors (Lipinski definition) is 7. The number of likely N-dealkylation sites (tertiary alicyclic amines) is 1. The lowest BCUT2D eigenvalue weighted by Gasteiger charge is -2.42. The van der Waals surface area contributed by atoms with Crippen LogP contribution in [-0.2, 0) is 25.0 Å². The molecule has 0 saturated carbocycles. The van der Waals surface area contributed by atoms with Crippen molar-refractivity contribution in [3.63, 3.8) is 0 Å². The first kappa shape index (κ1) is 34.6. The number of anilines is 1. The number of carbonyl (C=O) groups excluding carboxylic acids is 1. The Morgan fingerprint density at radius 2 is 1.56 bits per heavy atom. The number of halogens is 3. The molecule has 5 aromatic rings. The van der Waals surface area contributed by atoms with E-state index in [4.69, 9.17) is 24.3 Å². The summed E-state index contributed by atoms with van der Waals surface area (Å²) in [7, 11) is 1.76. The van der Waals surface area contributed by atoms with Crippen LogP contribution < -0.4 is 14.8 Å². The fraction of sp³-hybridized carbons (Fsp3) is 0.342. The molecule has 1 aliphatic heterocycles. The molecule has 50 heavy (non-hydrogen) atoms. The Bertz CT molecular complexity index is 1930. The van der Waals surface area contributed by atoms with Gasteiger partial charge in [0.1, 0.15) is 30.7 Å². The van der Waals surface area contributed by atoms with Crippen LogP contribution in [0.25, 0.3) is 22.2 Å². The average Bonchev–Trinajstić information content (AvgIpc) is 3.41. The highest BCUT2D eigenvalue weighted by Crippen LogP contribution is 2.40. The van der Waals surface area contributed by atoms with Crippen LogP contribution in [-0.4, -0.2) is 50.2 Å². The Morgan fingerprint density at radius 3 is 2.20 bits per heavy atom. The van der Waals surface area contributed by atoms with Gasteiger partial charge in [-0.1, -0.05) is 60.7 Å². The molecule has 0 radical (unpaired) electrons. The standard InChI is InChI=1S/C38H40F3N5O4/c1-37(2,3)50-36(47)46-21-11-16-30(38(39,40)41)34(46)42-27-17-18-28-31(22-27)45(4)44-33(28)29-19-20-32(48-23-25-12-7-5-8-13-25)43-35(29)49-24-26-14-9-6-10-15-26/h5-10,12-15,17-20,22,30,34,42H,11,16,21,23-24H2,1-4H3. The number of carbonyl (C=O) groups is 1. The Kier molecular flexibility index (Phi) is 9.90. The molecule has 6 rings (SSSR count). The van der Waals surface area contributed by atoms with Gasteiger partial charge in [-0.3, -0.25) is 9.58 Å². The van der Waals surface area contributed by atoms with E-state index in [9.17, 15) is 18.0 Å². The van der Waals surface area contributed by atoms with Crippen molar-refractivity contribution in [3.05, 3.63) is 102 Å². The van der Waals surface area contributed by atoms with E-state index in [1.807, 2.05) is 66.7 Å². The molecule has 1 saturated heterocycles. The molecule has 2 aromatic heterocycles. The predicted octanol–water partition coefficient (Wildman–Crippen LogP) is 8.74. The van der Waals surface area contributed by atoms with Crippen molar-refractivity contribution in [2.75, 3.05) is 11.9 Å². The Labute approximate surface area is 289 Å². The van der Waals surface area contributed by atoms with Gasteiger partial charge >= 0.3 is 12.3 Å². The van der Waals surface area contributed by atoms with Crippen molar-refractivity contribution in [2.24, 2.45) is 13.0 Å². The molecule has 2 atom stereocenters. The van der Waals surface area contributed by atoms with E-state index in [0.717, 1.165) is 21.4 Å². The minimum Gasteiger partial charge on any atom is -0.473 e. The molecule has 1 amide bonds. The SMILES string of the molecule is Cn1nc(-c2ccc(OCc3ccccc3)nc2OCc2ccccc2)c2ccc(NC3C(C(F)(F)F)CCCN3C(=O)OC(C)(C)C)cc21. The minimum absolute atomic E-state index is 0.109. The molecule has 9 nitrogen and oxygen atoms in total.